The van der Waals surface area contributed by atoms with E-state index in [-0.39, 0.29) is 24.0 Å². The molecule has 70 valence electrons. The fourth-order valence-electron chi connectivity index (χ4n) is 1.88. The summed E-state index contributed by atoms with van der Waals surface area (Å²) in [6, 6.07) is 0. The van der Waals surface area contributed by atoms with E-state index in [4.69, 9.17) is 0 Å². The lowest BCUT2D eigenvalue weighted by Gasteiger charge is -2.35. The number of hydrogen-bond donors (Lipinski definition) is 2. The Bertz CT molecular complexity index is 177. The Labute approximate surface area is 73.9 Å². The van der Waals surface area contributed by atoms with Gasteiger partial charge in [-0.15, -0.1) is 0 Å². The molecule has 0 heterocycles. The van der Waals surface area contributed by atoms with E-state index in [0.29, 0.717) is 12.8 Å². The van der Waals surface area contributed by atoms with Crippen molar-refractivity contribution >= 4 is 0 Å². The van der Waals surface area contributed by atoms with Gasteiger partial charge in [-0.1, -0.05) is 19.1 Å². The largest absolute Gasteiger partial charge is 0.393 e. The highest BCUT2D eigenvalue weighted by molar-refractivity contribution is 5.03. The van der Waals surface area contributed by atoms with Gasteiger partial charge in [-0.2, -0.15) is 0 Å². The minimum absolute atomic E-state index is 0.0937. The van der Waals surface area contributed by atoms with Crippen LogP contribution in [0.3, 0.4) is 0 Å². The third-order valence-corrected chi connectivity index (χ3v) is 2.86. The lowest BCUT2D eigenvalue weighted by atomic mass is 9.76. The molecule has 0 saturated heterocycles. The van der Waals surface area contributed by atoms with Gasteiger partial charge in [0.25, 0.3) is 0 Å². The summed E-state index contributed by atoms with van der Waals surface area (Å²) in [4.78, 5) is 0. The normalized spacial score (nSPS) is 42.7. The molecule has 0 spiro atoms. The lowest BCUT2D eigenvalue weighted by Crippen LogP contribution is -2.37. The third-order valence-electron chi connectivity index (χ3n) is 2.86. The Kier molecular flexibility index (Phi) is 2.91. The van der Waals surface area contributed by atoms with Crippen LogP contribution in [0.25, 0.3) is 0 Å². The van der Waals surface area contributed by atoms with Crippen molar-refractivity contribution in [1.82, 2.24) is 0 Å². The van der Waals surface area contributed by atoms with E-state index in [1.54, 1.807) is 0 Å². The van der Waals surface area contributed by atoms with Gasteiger partial charge in [-0.25, -0.2) is 0 Å². The molecule has 0 aromatic carbocycles. The summed E-state index contributed by atoms with van der Waals surface area (Å²) in [6.07, 6.45) is 0.784. The summed E-state index contributed by atoms with van der Waals surface area (Å²) in [5.41, 5.74) is 0.980. The minimum atomic E-state index is -0.305. The highest BCUT2D eigenvalue weighted by atomic mass is 16.3. The molecule has 0 aromatic heterocycles. The number of aliphatic hydroxyl groups excluding tert-OH is 2. The number of hydrogen-bond acceptors (Lipinski definition) is 2. The monoisotopic (exact) mass is 170 g/mol. The molecule has 2 heteroatoms. The molecule has 1 saturated carbocycles. The van der Waals surface area contributed by atoms with Crippen molar-refractivity contribution < 1.29 is 10.2 Å². The zero-order chi connectivity index (χ0) is 9.30. The second-order valence-corrected chi connectivity index (χ2v) is 4.04. The van der Waals surface area contributed by atoms with E-state index in [2.05, 4.69) is 6.58 Å². The molecule has 0 amide bonds. The zero-order valence-electron chi connectivity index (χ0n) is 7.83. The van der Waals surface area contributed by atoms with Gasteiger partial charge in [0.15, 0.2) is 0 Å². The maximum Gasteiger partial charge on any atom is 0.0609 e. The highest BCUT2D eigenvalue weighted by Crippen LogP contribution is 2.32. The van der Waals surface area contributed by atoms with Crippen LogP contribution in [-0.4, -0.2) is 22.4 Å². The molecule has 2 N–H and O–H groups in total. The average Bonchev–Trinajstić information content (AvgIpc) is 1.96. The lowest BCUT2D eigenvalue weighted by molar-refractivity contribution is -0.0147. The van der Waals surface area contributed by atoms with Crippen LogP contribution < -0.4 is 0 Å². The van der Waals surface area contributed by atoms with Gasteiger partial charge < -0.3 is 10.2 Å². The zero-order valence-corrected chi connectivity index (χ0v) is 7.83. The second kappa shape index (κ2) is 3.58. The van der Waals surface area contributed by atoms with Gasteiger partial charge in [-0.05, 0) is 25.7 Å². The minimum Gasteiger partial charge on any atom is -0.393 e. The number of aliphatic hydroxyl groups is 2. The molecule has 12 heavy (non-hydrogen) atoms. The number of rotatable bonds is 1. The maximum atomic E-state index is 9.66. The van der Waals surface area contributed by atoms with Crippen LogP contribution in [0.2, 0.25) is 0 Å². The fourth-order valence-corrected chi connectivity index (χ4v) is 1.88. The van der Waals surface area contributed by atoms with Gasteiger partial charge in [-0.3, -0.25) is 0 Å². The summed E-state index contributed by atoms with van der Waals surface area (Å²) >= 11 is 0. The Morgan fingerprint density at radius 3 is 2.33 bits per heavy atom. The van der Waals surface area contributed by atoms with Crippen molar-refractivity contribution in [3.05, 3.63) is 12.2 Å². The van der Waals surface area contributed by atoms with Crippen LogP contribution in [0.4, 0.5) is 0 Å². The van der Waals surface area contributed by atoms with Crippen molar-refractivity contribution in [2.75, 3.05) is 0 Å². The van der Waals surface area contributed by atoms with E-state index >= 15 is 0 Å². The topological polar surface area (TPSA) is 40.5 Å². The molecule has 1 aliphatic rings. The van der Waals surface area contributed by atoms with Crippen molar-refractivity contribution in [2.45, 2.75) is 38.9 Å². The Balaban J connectivity index is 2.61. The second-order valence-electron chi connectivity index (χ2n) is 4.04. The molecule has 0 radical (unpaired) electrons. The maximum absolute atomic E-state index is 9.66. The Morgan fingerprint density at radius 2 is 1.83 bits per heavy atom. The van der Waals surface area contributed by atoms with Gasteiger partial charge in [0, 0.05) is 5.92 Å². The van der Waals surface area contributed by atoms with Crippen molar-refractivity contribution in [2.24, 2.45) is 11.8 Å². The first-order valence-corrected chi connectivity index (χ1v) is 4.54. The quantitative estimate of drug-likeness (QED) is 0.583. The predicted octanol–water partition coefficient (Wildman–Crippen LogP) is 1.33. The van der Waals surface area contributed by atoms with Gasteiger partial charge in [0.1, 0.15) is 0 Å². The van der Waals surface area contributed by atoms with Crippen molar-refractivity contribution in [1.29, 1.82) is 0 Å². The van der Waals surface area contributed by atoms with Crippen LogP contribution in [0, 0.1) is 11.8 Å². The predicted molar refractivity (Wildman–Crippen MR) is 48.7 cm³/mol. The summed E-state index contributed by atoms with van der Waals surface area (Å²) in [5, 5.41) is 19.2. The standard InChI is InChI=1S/C10H18O2/c1-6(2)8-5-9(11)7(3)4-10(8)12/h7-12H,1,4-5H2,2-3H3/t7-,8-,9+,10+/m1/s1. The van der Waals surface area contributed by atoms with E-state index in [1.165, 1.54) is 0 Å². The fraction of sp³-hybridized carbons (Fsp3) is 0.800. The molecule has 0 aromatic rings. The first-order chi connectivity index (χ1) is 5.52. The van der Waals surface area contributed by atoms with Crippen LogP contribution in [0.5, 0.6) is 0 Å². The summed E-state index contributed by atoms with van der Waals surface area (Å²) < 4.78 is 0. The molecule has 2 nitrogen and oxygen atoms in total. The van der Waals surface area contributed by atoms with Crippen molar-refractivity contribution in [3.63, 3.8) is 0 Å². The SMILES string of the molecule is C=C(C)[C@H]1C[C@H](O)[C@H](C)C[C@@H]1O. The van der Waals surface area contributed by atoms with E-state index in [0.717, 1.165) is 5.57 Å². The third kappa shape index (κ3) is 1.87. The first-order valence-electron chi connectivity index (χ1n) is 4.54. The van der Waals surface area contributed by atoms with E-state index < -0.39 is 0 Å². The van der Waals surface area contributed by atoms with Crippen LogP contribution in [0.1, 0.15) is 26.7 Å². The molecule has 0 aliphatic heterocycles. The highest BCUT2D eigenvalue weighted by Gasteiger charge is 2.32. The summed E-state index contributed by atoms with van der Waals surface area (Å²) in [7, 11) is 0. The van der Waals surface area contributed by atoms with Crippen LogP contribution in [-0.2, 0) is 0 Å². The molecule has 1 rings (SSSR count). The molecule has 0 bridgehead atoms. The van der Waals surface area contributed by atoms with Gasteiger partial charge in [0.2, 0.25) is 0 Å². The average molecular weight is 170 g/mol. The smallest absolute Gasteiger partial charge is 0.0609 e. The Hall–Kier alpha value is -0.340. The molecule has 4 atom stereocenters. The molecule has 1 fully saturated rings. The van der Waals surface area contributed by atoms with Gasteiger partial charge >= 0.3 is 0 Å². The van der Waals surface area contributed by atoms with Crippen LogP contribution in [0.15, 0.2) is 12.2 Å². The first kappa shape index (κ1) is 9.75. The summed E-state index contributed by atoms with van der Waals surface area (Å²) in [5.74, 6) is 0.312. The molecular formula is C10H18O2. The molecule has 1 aliphatic carbocycles. The Morgan fingerprint density at radius 1 is 1.25 bits per heavy atom. The van der Waals surface area contributed by atoms with Gasteiger partial charge in [0.05, 0.1) is 12.2 Å². The summed E-state index contributed by atoms with van der Waals surface area (Å²) in [6.45, 7) is 7.71. The van der Waals surface area contributed by atoms with Crippen molar-refractivity contribution in [3.8, 4) is 0 Å². The molecule has 0 unspecified atom stereocenters. The molecular weight excluding hydrogens is 152 g/mol. The van der Waals surface area contributed by atoms with E-state index in [1.807, 2.05) is 13.8 Å². The van der Waals surface area contributed by atoms with E-state index in [9.17, 15) is 10.2 Å². The van der Waals surface area contributed by atoms with Crippen LogP contribution >= 0.6 is 0 Å².